The van der Waals surface area contributed by atoms with Crippen LogP contribution in [-0.4, -0.2) is 37.0 Å². The highest BCUT2D eigenvalue weighted by atomic mass is 32.1. The zero-order chi connectivity index (χ0) is 14.4. The maximum Gasteiger partial charge on any atom is 0.224 e. The first-order valence-electron chi connectivity index (χ1n) is 7.51. The fourth-order valence-electron chi connectivity index (χ4n) is 2.96. The van der Waals surface area contributed by atoms with Crippen molar-refractivity contribution in [3.63, 3.8) is 0 Å². The highest BCUT2D eigenvalue weighted by Gasteiger charge is 2.29. The summed E-state index contributed by atoms with van der Waals surface area (Å²) in [4.78, 5) is 16.0. The van der Waals surface area contributed by atoms with Gasteiger partial charge >= 0.3 is 0 Å². The molecule has 3 N–H and O–H groups in total. The number of nitrogens with zero attached hydrogens (tertiary/aromatic N) is 1. The number of amides is 1. The minimum absolute atomic E-state index is 0.115. The van der Waals surface area contributed by atoms with Gasteiger partial charge < -0.3 is 11.1 Å². The van der Waals surface area contributed by atoms with Crippen molar-refractivity contribution in [2.45, 2.75) is 32.2 Å². The molecule has 20 heavy (non-hydrogen) atoms. The predicted octanol–water partition coefficient (Wildman–Crippen LogP) is 1.99. The molecule has 5 heteroatoms. The number of piperidine rings is 1. The van der Waals surface area contributed by atoms with E-state index in [1.54, 1.807) is 0 Å². The molecule has 112 valence electrons. The molecule has 2 rings (SSSR count). The van der Waals surface area contributed by atoms with Gasteiger partial charge in [-0.05, 0) is 37.3 Å². The van der Waals surface area contributed by atoms with E-state index in [1.165, 1.54) is 4.88 Å². The summed E-state index contributed by atoms with van der Waals surface area (Å²) in [7, 11) is 0. The molecule has 2 unspecified atom stereocenters. The number of rotatable bonds is 6. The van der Waals surface area contributed by atoms with Gasteiger partial charge in [0, 0.05) is 30.6 Å². The lowest BCUT2D eigenvalue weighted by Crippen LogP contribution is -2.45. The van der Waals surface area contributed by atoms with Gasteiger partial charge in [0.25, 0.3) is 0 Å². The smallest absolute Gasteiger partial charge is 0.224 e. The summed E-state index contributed by atoms with van der Waals surface area (Å²) >= 11 is 1.81. The highest BCUT2D eigenvalue weighted by molar-refractivity contribution is 7.10. The van der Waals surface area contributed by atoms with Crippen LogP contribution in [0.4, 0.5) is 0 Å². The van der Waals surface area contributed by atoms with Crippen LogP contribution >= 0.6 is 11.3 Å². The summed E-state index contributed by atoms with van der Waals surface area (Å²) in [5, 5.41) is 5.06. The van der Waals surface area contributed by atoms with Crippen molar-refractivity contribution in [2.75, 3.05) is 26.2 Å². The summed E-state index contributed by atoms with van der Waals surface area (Å²) < 4.78 is 0. The van der Waals surface area contributed by atoms with Gasteiger partial charge in [-0.2, -0.15) is 0 Å². The van der Waals surface area contributed by atoms with Crippen LogP contribution in [-0.2, 0) is 4.79 Å². The second-order valence-corrected chi connectivity index (χ2v) is 6.33. The molecule has 1 fully saturated rings. The van der Waals surface area contributed by atoms with E-state index in [9.17, 15) is 4.79 Å². The molecular formula is C15H25N3OS. The third-order valence-corrected chi connectivity index (χ3v) is 4.94. The molecule has 2 atom stereocenters. The van der Waals surface area contributed by atoms with Gasteiger partial charge in [-0.1, -0.05) is 13.0 Å². The Morgan fingerprint density at radius 3 is 3.15 bits per heavy atom. The molecule has 0 radical (unpaired) electrons. The number of hydrogen-bond acceptors (Lipinski definition) is 4. The Bertz CT molecular complexity index is 407. The minimum atomic E-state index is 0.115. The van der Waals surface area contributed by atoms with Gasteiger partial charge in [0.15, 0.2) is 0 Å². The molecule has 0 aromatic carbocycles. The van der Waals surface area contributed by atoms with Crippen LogP contribution in [0.15, 0.2) is 17.5 Å². The van der Waals surface area contributed by atoms with E-state index < -0.39 is 0 Å². The second kappa shape index (κ2) is 7.76. The van der Waals surface area contributed by atoms with E-state index in [0.29, 0.717) is 19.1 Å². The lowest BCUT2D eigenvalue weighted by atomic mass is 9.95. The van der Waals surface area contributed by atoms with Crippen molar-refractivity contribution in [1.29, 1.82) is 0 Å². The number of carbonyl (C=O) groups is 1. The molecule has 0 aliphatic carbocycles. The number of carbonyl (C=O) groups excluding carboxylic acids is 1. The van der Waals surface area contributed by atoms with Crippen molar-refractivity contribution in [1.82, 2.24) is 10.2 Å². The van der Waals surface area contributed by atoms with Gasteiger partial charge in [-0.3, -0.25) is 9.69 Å². The van der Waals surface area contributed by atoms with Crippen LogP contribution in [0, 0.1) is 5.92 Å². The van der Waals surface area contributed by atoms with Crippen molar-refractivity contribution >= 4 is 17.2 Å². The molecule has 0 saturated carbocycles. The molecular weight excluding hydrogens is 270 g/mol. The summed E-state index contributed by atoms with van der Waals surface area (Å²) in [6.07, 6.45) is 3.19. The van der Waals surface area contributed by atoms with E-state index in [0.717, 1.165) is 32.4 Å². The zero-order valence-electron chi connectivity index (χ0n) is 12.2. The van der Waals surface area contributed by atoms with E-state index in [1.807, 2.05) is 11.3 Å². The zero-order valence-corrected chi connectivity index (χ0v) is 13.0. The van der Waals surface area contributed by atoms with Crippen molar-refractivity contribution in [3.8, 4) is 0 Å². The molecule has 0 bridgehead atoms. The van der Waals surface area contributed by atoms with Crippen LogP contribution in [0.5, 0.6) is 0 Å². The van der Waals surface area contributed by atoms with Gasteiger partial charge in [0.2, 0.25) is 5.91 Å². The van der Waals surface area contributed by atoms with Crippen LogP contribution in [0.3, 0.4) is 0 Å². The van der Waals surface area contributed by atoms with Crippen LogP contribution < -0.4 is 11.1 Å². The van der Waals surface area contributed by atoms with Gasteiger partial charge in [-0.25, -0.2) is 0 Å². The average Bonchev–Trinajstić information content (AvgIpc) is 3.00. The van der Waals surface area contributed by atoms with Gasteiger partial charge in [0.05, 0.1) is 5.92 Å². The number of nitrogens with one attached hydrogen (secondary N) is 1. The van der Waals surface area contributed by atoms with E-state index in [4.69, 9.17) is 5.73 Å². The topological polar surface area (TPSA) is 58.4 Å². The first kappa shape index (κ1) is 15.5. The van der Waals surface area contributed by atoms with E-state index >= 15 is 0 Å². The van der Waals surface area contributed by atoms with E-state index in [-0.39, 0.29) is 11.8 Å². The van der Waals surface area contributed by atoms with Gasteiger partial charge in [0.1, 0.15) is 0 Å². The molecule has 1 aliphatic rings. The number of likely N-dealkylation sites (tertiary alicyclic amines) is 1. The van der Waals surface area contributed by atoms with Gasteiger partial charge in [-0.15, -0.1) is 11.3 Å². The molecule has 1 saturated heterocycles. The number of nitrogens with two attached hydrogens (primary N) is 1. The lowest BCUT2D eigenvalue weighted by molar-refractivity contribution is -0.127. The summed E-state index contributed by atoms with van der Waals surface area (Å²) in [5.74, 6) is 0.283. The maximum absolute atomic E-state index is 12.1. The first-order chi connectivity index (χ1) is 9.76. The quantitative estimate of drug-likeness (QED) is 0.844. The molecule has 0 spiro atoms. The highest BCUT2D eigenvalue weighted by Crippen LogP contribution is 2.31. The monoisotopic (exact) mass is 295 g/mol. The largest absolute Gasteiger partial charge is 0.355 e. The Balaban J connectivity index is 1.97. The van der Waals surface area contributed by atoms with Crippen LogP contribution in [0.2, 0.25) is 0 Å². The Kier molecular flexibility index (Phi) is 6.01. The molecule has 1 aliphatic heterocycles. The number of thiophene rings is 1. The first-order valence-corrected chi connectivity index (χ1v) is 8.39. The van der Waals surface area contributed by atoms with E-state index in [2.05, 4.69) is 34.7 Å². The SMILES string of the molecule is CCC(c1cccs1)N1CCCC(C(=O)NCCN)C1. The van der Waals surface area contributed by atoms with Crippen molar-refractivity contribution in [2.24, 2.45) is 11.7 Å². The molecule has 1 aromatic heterocycles. The Labute approximate surface area is 125 Å². The predicted molar refractivity (Wildman–Crippen MR) is 83.7 cm³/mol. The summed E-state index contributed by atoms with van der Waals surface area (Å²) in [6.45, 7) is 5.28. The standard InChI is InChI=1S/C15H25N3OS/c1-2-13(14-6-4-10-20-14)18-9-3-5-12(11-18)15(19)17-8-7-16/h4,6,10,12-13H,2-3,5,7-9,11,16H2,1H3,(H,17,19). The Morgan fingerprint density at radius 2 is 2.50 bits per heavy atom. The minimum Gasteiger partial charge on any atom is -0.355 e. The molecule has 4 nitrogen and oxygen atoms in total. The second-order valence-electron chi connectivity index (χ2n) is 5.35. The molecule has 1 amide bonds. The third kappa shape index (κ3) is 3.81. The van der Waals surface area contributed by atoms with Crippen molar-refractivity contribution in [3.05, 3.63) is 22.4 Å². The Morgan fingerprint density at radius 1 is 1.65 bits per heavy atom. The summed E-state index contributed by atoms with van der Waals surface area (Å²) in [6, 6.07) is 4.77. The lowest BCUT2D eigenvalue weighted by Gasteiger charge is -2.37. The van der Waals surface area contributed by atoms with Crippen molar-refractivity contribution < 1.29 is 4.79 Å². The molecule has 1 aromatic rings. The van der Waals surface area contributed by atoms with Crippen LogP contribution in [0.1, 0.15) is 37.1 Å². The normalized spacial score (nSPS) is 21.6. The maximum atomic E-state index is 12.1. The molecule has 2 heterocycles. The average molecular weight is 295 g/mol. The fourth-order valence-corrected chi connectivity index (χ4v) is 3.91. The third-order valence-electron chi connectivity index (χ3n) is 3.97. The van der Waals surface area contributed by atoms with Crippen LogP contribution in [0.25, 0.3) is 0 Å². The Hall–Kier alpha value is -0.910. The summed E-state index contributed by atoms with van der Waals surface area (Å²) in [5.41, 5.74) is 5.44. The fraction of sp³-hybridized carbons (Fsp3) is 0.667. The number of hydrogen-bond donors (Lipinski definition) is 2.